The van der Waals surface area contributed by atoms with E-state index in [2.05, 4.69) is 32.9 Å². The van der Waals surface area contributed by atoms with Crippen LogP contribution in [0, 0.1) is 12.3 Å². The van der Waals surface area contributed by atoms with E-state index in [0.29, 0.717) is 18.6 Å². The van der Waals surface area contributed by atoms with Gasteiger partial charge in [0.15, 0.2) is 0 Å². The van der Waals surface area contributed by atoms with Gasteiger partial charge in [-0.25, -0.2) is 0 Å². The SMILES string of the molecule is CCOc1ccc([C@H]2[C@H](N)C2(C)C)c(C)c1. The summed E-state index contributed by atoms with van der Waals surface area (Å²) >= 11 is 0. The number of hydrogen-bond donors (Lipinski definition) is 1. The topological polar surface area (TPSA) is 35.2 Å². The molecule has 1 fully saturated rings. The summed E-state index contributed by atoms with van der Waals surface area (Å²) in [4.78, 5) is 0. The number of hydrogen-bond acceptors (Lipinski definition) is 2. The van der Waals surface area contributed by atoms with Crippen LogP contribution in [0.4, 0.5) is 0 Å². The van der Waals surface area contributed by atoms with Gasteiger partial charge in [0.05, 0.1) is 6.61 Å². The molecule has 1 aliphatic carbocycles. The van der Waals surface area contributed by atoms with Gasteiger partial charge >= 0.3 is 0 Å². The number of rotatable bonds is 3. The first-order chi connectivity index (χ1) is 7.48. The summed E-state index contributed by atoms with van der Waals surface area (Å²) < 4.78 is 5.49. The Morgan fingerprint density at radius 1 is 1.38 bits per heavy atom. The minimum atomic E-state index is 0.248. The van der Waals surface area contributed by atoms with Gasteiger partial charge in [0, 0.05) is 12.0 Å². The van der Waals surface area contributed by atoms with Crippen molar-refractivity contribution < 1.29 is 4.74 Å². The molecule has 2 rings (SSSR count). The van der Waals surface area contributed by atoms with E-state index < -0.39 is 0 Å². The fourth-order valence-electron chi connectivity index (χ4n) is 2.53. The lowest BCUT2D eigenvalue weighted by molar-refractivity contribution is 0.340. The van der Waals surface area contributed by atoms with Gasteiger partial charge in [0.2, 0.25) is 0 Å². The Morgan fingerprint density at radius 3 is 2.44 bits per heavy atom. The average Bonchev–Trinajstić information content (AvgIpc) is 2.68. The lowest BCUT2D eigenvalue weighted by atomic mass is 9.99. The molecular formula is C14H21NO. The largest absolute Gasteiger partial charge is 0.494 e. The molecular weight excluding hydrogens is 198 g/mol. The van der Waals surface area contributed by atoms with Crippen molar-refractivity contribution in [2.75, 3.05) is 6.61 Å². The molecule has 16 heavy (non-hydrogen) atoms. The minimum absolute atomic E-state index is 0.248. The van der Waals surface area contributed by atoms with E-state index in [4.69, 9.17) is 10.5 Å². The first-order valence-electron chi connectivity index (χ1n) is 5.97. The molecule has 1 aromatic carbocycles. The summed E-state index contributed by atoms with van der Waals surface area (Å²) in [5, 5.41) is 0. The molecule has 2 nitrogen and oxygen atoms in total. The van der Waals surface area contributed by atoms with Gasteiger partial charge in [-0.1, -0.05) is 19.9 Å². The van der Waals surface area contributed by atoms with Gasteiger partial charge in [-0.05, 0) is 42.5 Å². The monoisotopic (exact) mass is 219 g/mol. The smallest absolute Gasteiger partial charge is 0.119 e. The highest BCUT2D eigenvalue weighted by molar-refractivity contribution is 5.43. The molecule has 0 aliphatic heterocycles. The molecule has 0 spiro atoms. The molecule has 0 radical (unpaired) electrons. The van der Waals surface area contributed by atoms with Crippen LogP contribution < -0.4 is 10.5 Å². The lowest BCUT2D eigenvalue weighted by Gasteiger charge is -2.10. The molecule has 0 amide bonds. The Balaban J connectivity index is 2.25. The van der Waals surface area contributed by atoms with Crippen molar-refractivity contribution in [3.8, 4) is 5.75 Å². The van der Waals surface area contributed by atoms with Crippen LogP contribution in [0.1, 0.15) is 37.8 Å². The molecule has 0 unspecified atom stereocenters. The first-order valence-corrected chi connectivity index (χ1v) is 5.97. The number of nitrogens with two attached hydrogens (primary N) is 1. The van der Waals surface area contributed by atoms with E-state index in [-0.39, 0.29) is 5.41 Å². The molecule has 1 saturated carbocycles. The zero-order chi connectivity index (χ0) is 11.9. The summed E-state index contributed by atoms with van der Waals surface area (Å²) in [5.74, 6) is 1.46. The van der Waals surface area contributed by atoms with E-state index in [9.17, 15) is 0 Å². The van der Waals surface area contributed by atoms with Gasteiger partial charge in [-0.15, -0.1) is 0 Å². The summed E-state index contributed by atoms with van der Waals surface area (Å²) in [7, 11) is 0. The third kappa shape index (κ3) is 1.71. The highest BCUT2D eigenvalue weighted by Gasteiger charge is 2.56. The molecule has 88 valence electrons. The highest BCUT2D eigenvalue weighted by Crippen LogP contribution is 2.58. The lowest BCUT2D eigenvalue weighted by Crippen LogP contribution is -2.06. The van der Waals surface area contributed by atoms with Gasteiger partial charge in [0.1, 0.15) is 5.75 Å². The molecule has 2 atom stereocenters. The highest BCUT2D eigenvalue weighted by atomic mass is 16.5. The summed E-state index contributed by atoms with van der Waals surface area (Å²) in [6.07, 6.45) is 0. The molecule has 1 aromatic rings. The van der Waals surface area contributed by atoms with Crippen molar-refractivity contribution in [3.63, 3.8) is 0 Å². The standard InChI is InChI=1S/C14H21NO/c1-5-16-10-6-7-11(9(2)8-10)12-13(15)14(12,3)4/h6-8,12-13H,5,15H2,1-4H3/t12-,13-/m0/s1. The Kier molecular flexibility index (Phi) is 2.70. The van der Waals surface area contributed by atoms with Gasteiger partial charge in [-0.3, -0.25) is 0 Å². The fraction of sp³-hybridized carbons (Fsp3) is 0.571. The number of aryl methyl sites for hydroxylation is 1. The molecule has 0 saturated heterocycles. The second-order valence-corrected chi connectivity index (χ2v) is 5.28. The molecule has 1 aliphatic rings. The fourth-order valence-corrected chi connectivity index (χ4v) is 2.53. The van der Waals surface area contributed by atoms with Crippen LogP contribution in [0.2, 0.25) is 0 Å². The van der Waals surface area contributed by atoms with Gasteiger partial charge < -0.3 is 10.5 Å². The van der Waals surface area contributed by atoms with Crippen molar-refractivity contribution in [3.05, 3.63) is 29.3 Å². The summed E-state index contributed by atoms with van der Waals surface area (Å²) in [5.41, 5.74) is 9.02. The van der Waals surface area contributed by atoms with Crippen LogP contribution in [0.5, 0.6) is 5.75 Å². The van der Waals surface area contributed by atoms with E-state index >= 15 is 0 Å². The second kappa shape index (κ2) is 3.77. The molecule has 2 N–H and O–H groups in total. The molecule has 0 heterocycles. The maximum atomic E-state index is 6.11. The number of benzene rings is 1. The van der Waals surface area contributed by atoms with Crippen LogP contribution in [0.25, 0.3) is 0 Å². The van der Waals surface area contributed by atoms with Crippen LogP contribution in [0.3, 0.4) is 0 Å². The van der Waals surface area contributed by atoms with Gasteiger partial charge in [0.25, 0.3) is 0 Å². The Morgan fingerprint density at radius 2 is 2.00 bits per heavy atom. The summed E-state index contributed by atoms with van der Waals surface area (Å²) in [6.45, 7) is 9.33. The third-order valence-electron chi connectivity index (χ3n) is 3.80. The first kappa shape index (κ1) is 11.5. The number of ether oxygens (including phenoxy) is 1. The predicted molar refractivity (Wildman–Crippen MR) is 66.8 cm³/mol. The summed E-state index contributed by atoms with van der Waals surface area (Å²) in [6, 6.07) is 6.62. The quantitative estimate of drug-likeness (QED) is 0.848. The van der Waals surface area contributed by atoms with Gasteiger partial charge in [-0.2, -0.15) is 0 Å². The zero-order valence-electron chi connectivity index (χ0n) is 10.6. The van der Waals surface area contributed by atoms with E-state index in [1.807, 2.05) is 13.0 Å². The molecule has 0 aromatic heterocycles. The van der Waals surface area contributed by atoms with Crippen molar-refractivity contribution >= 4 is 0 Å². The second-order valence-electron chi connectivity index (χ2n) is 5.28. The van der Waals surface area contributed by atoms with E-state index in [0.717, 1.165) is 5.75 Å². The van der Waals surface area contributed by atoms with Crippen molar-refractivity contribution in [1.82, 2.24) is 0 Å². The van der Waals surface area contributed by atoms with Crippen LogP contribution in [-0.4, -0.2) is 12.6 Å². The predicted octanol–water partition coefficient (Wildman–Crippen LogP) is 2.84. The maximum absolute atomic E-state index is 6.11. The average molecular weight is 219 g/mol. The Bertz CT molecular complexity index is 398. The normalized spacial score (nSPS) is 26.6. The Hall–Kier alpha value is -1.02. The zero-order valence-corrected chi connectivity index (χ0v) is 10.6. The minimum Gasteiger partial charge on any atom is -0.494 e. The molecule has 2 heteroatoms. The van der Waals surface area contributed by atoms with Crippen molar-refractivity contribution in [2.45, 2.75) is 39.7 Å². The van der Waals surface area contributed by atoms with Crippen molar-refractivity contribution in [2.24, 2.45) is 11.1 Å². The third-order valence-corrected chi connectivity index (χ3v) is 3.80. The van der Waals surface area contributed by atoms with Crippen LogP contribution >= 0.6 is 0 Å². The van der Waals surface area contributed by atoms with Crippen molar-refractivity contribution in [1.29, 1.82) is 0 Å². The van der Waals surface area contributed by atoms with Crippen LogP contribution in [0.15, 0.2) is 18.2 Å². The Labute approximate surface area is 97.8 Å². The van der Waals surface area contributed by atoms with E-state index in [1.54, 1.807) is 0 Å². The van der Waals surface area contributed by atoms with E-state index in [1.165, 1.54) is 11.1 Å². The maximum Gasteiger partial charge on any atom is 0.119 e. The van der Waals surface area contributed by atoms with Crippen LogP contribution in [-0.2, 0) is 0 Å². The molecule has 0 bridgehead atoms.